The molecule has 1 unspecified atom stereocenters. The number of sulfonamides is 1. The lowest BCUT2D eigenvalue weighted by Crippen LogP contribution is -2.29. The van der Waals surface area contributed by atoms with E-state index in [2.05, 4.69) is 15.0 Å². The predicted octanol–water partition coefficient (Wildman–Crippen LogP) is 1.30. The molecule has 1 aliphatic heterocycles. The molecular weight excluding hydrogens is 270 g/mol. The van der Waals surface area contributed by atoms with Crippen LogP contribution in [0.2, 0.25) is 0 Å². The Hall–Kier alpha value is -0.790. The first-order valence-electron chi connectivity index (χ1n) is 5.87. The molecule has 1 saturated heterocycles. The fourth-order valence-electron chi connectivity index (χ4n) is 1.81. The molecule has 1 aliphatic rings. The third-order valence-corrected chi connectivity index (χ3v) is 5.64. The van der Waals surface area contributed by atoms with Crippen molar-refractivity contribution in [1.29, 1.82) is 0 Å². The zero-order valence-electron chi connectivity index (χ0n) is 10.2. The van der Waals surface area contributed by atoms with Crippen molar-refractivity contribution in [3.05, 3.63) is 18.3 Å². The maximum atomic E-state index is 12.1. The molecular formula is C11H17N3O2S2. The van der Waals surface area contributed by atoms with Crippen LogP contribution >= 0.6 is 11.8 Å². The Balaban J connectivity index is 2.04. The van der Waals surface area contributed by atoms with Crippen LogP contribution in [0.5, 0.6) is 0 Å². The van der Waals surface area contributed by atoms with Gasteiger partial charge in [-0.3, -0.25) is 0 Å². The van der Waals surface area contributed by atoms with Crippen molar-refractivity contribution >= 4 is 27.6 Å². The van der Waals surface area contributed by atoms with Gasteiger partial charge in [-0.25, -0.2) is 18.1 Å². The van der Waals surface area contributed by atoms with Gasteiger partial charge in [0, 0.05) is 31.1 Å². The summed E-state index contributed by atoms with van der Waals surface area (Å²) in [6, 6.07) is 3.04. The summed E-state index contributed by atoms with van der Waals surface area (Å²) in [7, 11) is -1.71. The van der Waals surface area contributed by atoms with Crippen LogP contribution in [0.3, 0.4) is 0 Å². The van der Waals surface area contributed by atoms with Gasteiger partial charge in [-0.2, -0.15) is 11.8 Å². The van der Waals surface area contributed by atoms with Gasteiger partial charge in [-0.05, 0) is 24.7 Å². The van der Waals surface area contributed by atoms with Crippen molar-refractivity contribution < 1.29 is 8.42 Å². The van der Waals surface area contributed by atoms with Gasteiger partial charge in [0.25, 0.3) is 0 Å². The van der Waals surface area contributed by atoms with E-state index in [1.165, 1.54) is 24.8 Å². The van der Waals surface area contributed by atoms with E-state index < -0.39 is 10.0 Å². The Kier molecular flexibility index (Phi) is 4.47. The Morgan fingerprint density at radius 3 is 3.06 bits per heavy atom. The molecule has 7 heteroatoms. The Morgan fingerprint density at radius 2 is 2.39 bits per heavy atom. The van der Waals surface area contributed by atoms with Gasteiger partial charge in [0.1, 0.15) is 5.82 Å². The number of hydrogen-bond donors (Lipinski definition) is 2. The van der Waals surface area contributed by atoms with Crippen molar-refractivity contribution in [1.82, 2.24) is 9.71 Å². The van der Waals surface area contributed by atoms with Gasteiger partial charge in [-0.1, -0.05) is 0 Å². The normalized spacial score (nSPS) is 19.9. The molecule has 0 radical (unpaired) electrons. The first-order valence-corrected chi connectivity index (χ1v) is 8.40. The third kappa shape index (κ3) is 3.37. The summed E-state index contributed by atoms with van der Waals surface area (Å²) in [5.41, 5.74) is 0. The van der Waals surface area contributed by atoms with Gasteiger partial charge in [0.15, 0.2) is 0 Å². The minimum Gasteiger partial charge on any atom is -0.373 e. The second-order valence-corrected chi connectivity index (χ2v) is 7.29. The molecule has 18 heavy (non-hydrogen) atoms. The molecule has 0 aromatic carbocycles. The van der Waals surface area contributed by atoms with Crippen molar-refractivity contribution in [2.24, 2.45) is 0 Å². The fraction of sp³-hybridized carbons (Fsp3) is 0.545. The van der Waals surface area contributed by atoms with Crippen LogP contribution < -0.4 is 10.0 Å². The lowest BCUT2D eigenvalue weighted by atomic mass is 10.2. The minimum atomic E-state index is -3.42. The summed E-state index contributed by atoms with van der Waals surface area (Å²) < 4.78 is 26.8. The highest BCUT2D eigenvalue weighted by Gasteiger charge is 2.20. The maximum absolute atomic E-state index is 12.1. The van der Waals surface area contributed by atoms with Gasteiger partial charge in [0.05, 0.1) is 4.90 Å². The highest BCUT2D eigenvalue weighted by molar-refractivity contribution is 8.00. The van der Waals surface area contributed by atoms with E-state index in [0.29, 0.717) is 17.6 Å². The highest BCUT2D eigenvalue weighted by Crippen LogP contribution is 2.25. The van der Waals surface area contributed by atoms with E-state index in [0.717, 1.165) is 12.2 Å². The van der Waals surface area contributed by atoms with Crippen LogP contribution in [0.15, 0.2) is 23.2 Å². The molecule has 1 atom stereocenters. The molecule has 1 fully saturated rings. The monoisotopic (exact) mass is 287 g/mol. The van der Waals surface area contributed by atoms with Gasteiger partial charge < -0.3 is 5.32 Å². The zero-order chi connectivity index (χ0) is 13.0. The Morgan fingerprint density at radius 1 is 1.56 bits per heavy atom. The first kappa shape index (κ1) is 13.6. The molecule has 2 heterocycles. The van der Waals surface area contributed by atoms with Crippen molar-refractivity contribution in [3.8, 4) is 0 Å². The number of nitrogens with zero attached hydrogens (tertiary/aromatic N) is 1. The SMILES string of the molecule is CNc1cc(S(=O)(=O)NCC2CCCS2)ccn1. The summed E-state index contributed by atoms with van der Waals surface area (Å²) in [6.45, 7) is 0.504. The molecule has 1 aromatic rings. The molecule has 0 spiro atoms. The molecule has 0 aliphatic carbocycles. The van der Waals surface area contributed by atoms with E-state index in [4.69, 9.17) is 0 Å². The molecule has 1 aromatic heterocycles. The van der Waals surface area contributed by atoms with Crippen molar-refractivity contribution in [3.63, 3.8) is 0 Å². The quantitative estimate of drug-likeness (QED) is 0.854. The van der Waals surface area contributed by atoms with E-state index >= 15 is 0 Å². The summed E-state index contributed by atoms with van der Waals surface area (Å²) >= 11 is 1.83. The van der Waals surface area contributed by atoms with Crippen LogP contribution in [0.4, 0.5) is 5.82 Å². The van der Waals surface area contributed by atoms with Crippen LogP contribution in [0.25, 0.3) is 0 Å². The van der Waals surface area contributed by atoms with Crippen molar-refractivity contribution in [2.45, 2.75) is 23.0 Å². The van der Waals surface area contributed by atoms with Crippen LogP contribution in [0.1, 0.15) is 12.8 Å². The number of thioether (sulfide) groups is 1. The average molecular weight is 287 g/mol. The summed E-state index contributed by atoms with van der Waals surface area (Å²) in [5.74, 6) is 1.68. The summed E-state index contributed by atoms with van der Waals surface area (Å²) in [5, 5.41) is 3.24. The lowest BCUT2D eigenvalue weighted by Gasteiger charge is -2.11. The third-order valence-electron chi connectivity index (χ3n) is 2.82. The Bertz CT molecular complexity index is 499. The van der Waals surface area contributed by atoms with Crippen LogP contribution in [-0.2, 0) is 10.0 Å². The second kappa shape index (κ2) is 5.90. The number of nitrogens with one attached hydrogen (secondary N) is 2. The van der Waals surface area contributed by atoms with Gasteiger partial charge in [-0.15, -0.1) is 0 Å². The second-order valence-electron chi connectivity index (χ2n) is 4.11. The molecule has 2 rings (SSSR count). The number of pyridine rings is 1. The van der Waals surface area contributed by atoms with Gasteiger partial charge in [0.2, 0.25) is 10.0 Å². The van der Waals surface area contributed by atoms with E-state index in [-0.39, 0.29) is 4.90 Å². The summed E-state index contributed by atoms with van der Waals surface area (Å²) in [4.78, 5) is 4.26. The van der Waals surface area contributed by atoms with Crippen LogP contribution in [0, 0.1) is 0 Å². The molecule has 5 nitrogen and oxygen atoms in total. The van der Waals surface area contributed by atoms with E-state index in [1.807, 2.05) is 11.8 Å². The molecule has 100 valence electrons. The largest absolute Gasteiger partial charge is 0.373 e. The smallest absolute Gasteiger partial charge is 0.240 e. The topological polar surface area (TPSA) is 71.1 Å². The fourth-order valence-corrected chi connectivity index (χ4v) is 4.21. The first-order chi connectivity index (χ1) is 8.62. The number of rotatable bonds is 5. The number of hydrogen-bond acceptors (Lipinski definition) is 5. The number of anilines is 1. The molecule has 0 amide bonds. The molecule has 2 N–H and O–H groups in total. The minimum absolute atomic E-state index is 0.254. The van der Waals surface area contributed by atoms with E-state index in [1.54, 1.807) is 7.05 Å². The standard InChI is InChI=1S/C11H17N3O2S2/c1-12-11-7-10(4-5-13-11)18(15,16)14-8-9-3-2-6-17-9/h4-5,7,9,14H,2-3,6,8H2,1H3,(H,12,13). The average Bonchev–Trinajstić information content (AvgIpc) is 2.90. The lowest BCUT2D eigenvalue weighted by molar-refractivity contribution is 0.579. The maximum Gasteiger partial charge on any atom is 0.240 e. The predicted molar refractivity (Wildman–Crippen MR) is 74.5 cm³/mol. The number of aromatic nitrogens is 1. The van der Waals surface area contributed by atoms with E-state index in [9.17, 15) is 8.42 Å². The zero-order valence-corrected chi connectivity index (χ0v) is 11.9. The molecule has 0 bridgehead atoms. The van der Waals surface area contributed by atoms with Crippen molar-refractivity contribution in [2.75, 3.05) is 24.7 Å². The summed E-state index contributed by atoms with van der Waals surface area (Å²) in [6.07, 6.45) is 3.76. The Labute approximate surface area is 112 Å². The highest BCUT2D eigenvalue weighted by atomic mass is 32.2. The van der Waals surface area contributed by atoms with Crippen LogP contribution in [-0.4, -0.2) is 38.0 Å². The molecule has 0 saturated carbocycles. The van der Waals surface area contributed by atoms with Gasteiger partial charge >= 0.3 is 0 Å².